The highest BCUT2D eigenvalue weighted by atomic mass is 35.5. The van der Waals surface area contributed by atoms with Gasteiger partial charge in [-0.25, -0.2) is 5.06 Å². The van der Waals surface area contributed by atoms with Crippen LogP contribution in [0.2, 0.25) is 5.02 Å². The summed E-state index contributed by atoms with van der Waals surface area (Å²) < 4.78 is 0. The van der Waals surface area contributed by atoms with Crippen LogP contribution in [0, 0.1) is 0 Å². The molecule has 0 aliphatic carbocycles. The summed E-state index contributed by atoms with van der Waals surface area (Å²) >= 11 is 5.91. The van der Waals surface area contributed by atoms with E-state index in [1.165, 1.54) is 12.2 Å². The molecular weight excluding hydrogens is 286 g/mol. The summed E-state index contributed by atoms with van der Waals surface area (Å²) in [6, 6.07) is 17.3. The zero-order valence-corrected chi connectivity index (χ0v) is 12.9. The minimum absolute atomic E-state index is 0.0707. The second-order valence-electron chi connectivity index (χ2n) is 4.81. The van der Waals surface area contributed by atoms with Crippen molar-refractivity contribution in [3.63, 3.8) is 0 Å². The van der Waals surface area contributed by atoms with Crippen LogP contribution in [0.15, 0.2) is 54.6 Å². The van der Waals surface area contributed by atoms with E-state index in [9.17, 15) is 4.79 Å². The standard InChI is InChI=1S/C17H18ClNO2/c1-19(21-2)17(20)16(14-6-4-3-5-7-14)12-13-8-10-15(18)11-9-13/h3-11,16H,12H2,1-2H3. The summed E-state index contributed by atoms with van der Waals surface area (Å²) in [5, 5.41) is 1.96. The molecule has 0 N–H and O–H groups in total. The second kappa shape index (κ2) is 7.25. The van der Waals surface area contributed by atoms with Gasteiger partial charge in [-0.3, -0.25) is 9.63 Å². The van der Waals surface area contributed by atoms with Crippen molar-refractivity contribution < 1.29 is 9.63 Å². The molecule has 2 aromatic rings. The first kappa shape index (κ1) is 15.5. The minimum atomic E-state index is -0.280. The molecule has 0 fully saturated rings. The largest absolute Gasteiger partial charge is 0.275 e. The van der Waals surface area contributed by atoms with E-state index in [4.69, 9.17) is 16.4 Å². The topological polar surface area (TPSA) is 29.5 Å². The lowest BCUT2D eigenvalue weighted by atomic mass is 9.91. The third kappa shape index (κ3) is 4.06. The average molecular weight is 304 g/mol. The Balaban J connectivity index is 2.28. The molecule has 3 nitrogen and oxygen atoms in total. The van der Waals surface area contributed by atoms with E-state index in [1.54, 1.807) is 7.05 Å². The number of halogens is 1. The molecule has 0 saturated carbocycles. The van der Waals surface area contributed by atoms with Gasteiger partial charge in [0.1, 0.15) is 0 Å². The summed E-state index contributed by atoms with van der Waals surface area (Å²) in [5.41, 5.74) is 2.03. The Morgan fingerprint density at radius 1 is 1.14 bits per heavy atom. The molecule has 0 saturated heterocycles. The maximum atomic E-state index is 12.5. The zero-order chi connectivity index (χ0) is 15.2. The number of carbonyl (C=O) groups excluding carboxylic acids is 1. The van der Waals surface area contributed by atoms with Crippen molar-refractivity contribution in [1.82, 2.24) is 5.06 Å². The number of hydrogen-bond acceptors (Lipinski definition) is 2. The maximum absolute atomic E-state index is 12.5. The molecule has 1 unspecified atom stereocenters. The number of amides is 1. The van der Waals surface area contributed by atoms with Gasteiger partial charge in [0.15, 0.2) is 0 Å². The third-order valence-electron chi connectivity index (χ3n) is 3.44. The monoisotopic (exact) mass is 303 g/mol. The smallest absolute Gasteiger partial charge is 0.253 e. The van der Waals surface area contributed by atoms with Crippen LogP contribution in [0.1, 0.15) is 17.0 Å². The Labute approximate surface area is 130 Å². The molecule has 0 aliphatic rings. The number of nitrogens with zero attached hydrogens (tertiary/aromatic N) is 1. The number of likely N-dealkylation sites (N-methyl/N-ethyl adjacent to an activating group) is 1. The highest BCUT2D eigenvalue weighted by Gasteiger charge is 2.24. The van der Waals surface area contributed by atoms with E-state index in [0.29, 0.717) is 11.4 Å². The lowest BCUT2D eigenvalue weighted by Crippen LogP contribution is -2.32. The normalized spacial score (nSPS) is 12.0. The molecule has 0 spiro atoms. The zero-order valence-electron chi connectivity index (χ0n) is 12.1. The summed E-state index contributed by atoms with van der Waals surface area (Å²) in [6.45, 7) is 0. The molecule has 0 radical (unpaired) electrons. The summed E-state index contributed by atoms with van der Waals surface area (Å²) in [4.78, 5) is 17.6. The first-order chi connectivity index (χ1) is 10.1. The van der Waals surface area contributed by atoms with E-state index in [2.05, 4.69) is 0 Å². The van der Waals surface area contributed by atoms with E-state index in [0.717, 1.165) is 11.1 Å². The van der Waals surface area contributed by atoms with Gasteiger partial charge >= 0.3 is 0 Å². The number of benzene rings is 2. The summed E-state index contributed by atoms with van der Waals surface area (Å²) in [6.07, 6.45) is 0.605. The lowest BCUT2D eigenvalue weighted by Gasteiger charge is -2.22. The number of hydroxylamine groups is 2. The minimum Gasteiger partial charge on any atom is -0.275 e. The van der Waals surface area contributed by atoms with Gasteiger partial charge in [-0.15, -0.1) is 0 Å². The molecule has 110 valence electrons. The van der Waals surface area contributed by atoms with Gasteiger partial charge in [0.2, 0.25) is 0 Å². The van der Waals surface area contributed by atoms with Crippen molar-refractivity contribution in [2.24, 2.45) is 0 Å². The highest BCUT2D eigenvalue weighted by molar-refractivity contribution is 6.30. The molecule has 2 aromatic carbocycles. The van der Waals surface area contributed by atoms with Crippen LogP contribution in [0.3, 0.4) is 0 Å². The fraction of sp³-hybridized carbons (Fsp3) is 0.235. The molecule has 0 aliphatic heterocycles. The van der Waals surface area contributed by atoms with Crippen LogP contribution in [0.4, 0.5) is 0 Å². The van der Waals surface area contributed by atoms with Gasteiger partial charge in [0.25, 0.3) is 5.91 Å². The molecule has 0 heterocycles. The van der Waals surface area contributed by atoms with Crippen molar-refractivity contribution in [3.05, 3.63) is 70.7 Å². The van der Waals surface area contributed by atoms with Crippen LogP contribution in [-0.4, -0.2) is 25.1 Å². The van der Waals surface area contributed by atoms with Gasteiger partial charge in [0, 0.05) is 12.1 Å². The first-order valence-corrected chi connectivity index (χ1v) is 7.10. The van der Waals surface area contributed by atoms with Crippen LogP contribution in [-0.2, 0) is 16.1 Å². The van der Waals surface area contributed by atoms with Crippen LogP contribution >= 0.6 is 11.6 Å². The maximum Gasteiger partial charge on any atom is 0.253 e. The number of carbonyl (C=O) groups is 1. The fourth-order valence-corrected chi connectivity index (χ4v) is 2.32. The third-order valence-corrected chi connectivity index (χ3v) is 3.69. The Morgan fingerprint density at radius 3 is 2.33 bits per heavy atom. The van der Waals surface area contributed by atoms with Crippen LogP contribution < -0.4 is 0 Å². The molecule has 0 aromatic heterocycles. The van der Waals surface area contributed by atoms with E-state index < -0.39 is 0 Å². The van der Waals surface area contributed by atoms with E-state index in [-0.39, 0.29) is 11.8 Å². The summed E-state index contributed by atoms with van der Waals surface area (Å²) in [5.74, 6) is -0.351. The van der Waals surface area contributed by atoms with Gasteiger partial charge in [0.05, 0.1) is 13.0 Å². The lowest BCUT2D eigenvalue weighted by molar-refractivity contribution is -0.170. The molecule has 21 heavy (non-hydrogen) atoms. The Bertz CT molecular complexity index is 583. The SMILES string of the molecule is CON(C)C(=O)C(Cc1ccc(Cl)cc1)c1ccccc1. The number of rotatable bonds is 5. The van der Waals surface area contributed by atoms with Crippen molar-refractivity contribution in [3.8, 4) is 0 Å². The molecule has 1 amide bonds. The molecular formula is C17H18ClNO2. The van der Waals surface area contributed by atoms with Crippen LogP contribution in [0.5, 0.6) is 0 Å². The molecule has 2 rings (SSSR count). The predicted octanol–water partition coefficient (Wildman–Crippen LogP) is 3.69. The van der Waals surface area contributed by atoms with E-state index in [1.807, 2.05) is 54.6 Å². The van der Waals surface area contributed by atoms with Crippen molar-refractivity contribution in [2.75, 3.05) is 14.2 Å². The quantitative estimate of drug-likeness (QED) is 0.789. The first-order valence-electron chi connectivity index (χ1n) is 6.73. The Hall–Kier alpha value is -1.84. The van der Waals surface area contributed by atoms with Gasteiger partial charge < -0.3 is 0 Å². The second-order valence-corrected chi connectivity index (χ2v) is 5.25. The fourth-order valence-electron chi connectivity index (χ4n) is 2.20. The van der Waals surface area contributed by atoms with Gasteiger partial charge in [-0.2, -0.15) is 0 Å². The molecule has 4 heteroatoms. The van der Waals surface area contributed by atoms with Crippen molar-refractivity contribution in [2.45, 2.75) is 12.3 Å². The molecule has 1 atom stereocenters. The van der Waals surface area contributed by atoms with Crippen molar-refractivity contribution >= 4 is 17.5 Å². The predicted molar refractivity (Wildman–Crippen MR) is 84.1 cm³/mol. The van der Waals surface area contributed by atoms with E-state index >= 15 is 0 Å². The molecule has 0 bridgehead atoms. The summed E-state index contributed by atoms with van der Waals surface area (Å²) in [7, 11) is 3.11. The highest BCUT2D eigenvalue weighted by Crippen LogP contribution is 2.24. The average Bonchev–Trinajstić information content (AvgIpc) is 2.53. The van der Waals surface area contributed by atoms with Gasteiger partial charge in [-0.1, -0.05) is 54.1 Å². The van der Waals surface area contributed by atoms with Crippen molar-refractivity contribution in [1.29, 1.82) is 0 Å². The van der Waals surface area contributed by atoms with Crippen LogP contribution in [0.25, 0.3) is 0 Å². The Kier molecular flexibility index (Phi) is 5.37. The Morgan fingerprint density at radius 2 is 1.76 bits per heavy atom. The number of hydrogen-bond donors (Lipinski definition) is 0. The van der Waals surface area contributed by atoms with Gasteiger partial charge in [-0.05, 0) is 29.7 Å².